The second-order valence-electron chi connectivity index (χ2n) is 5.86. The molecule has 2 aromatic rings. The maximum atomic E-state index is 12.8. The van der Waals surface area contributed by atoms with Crippen LogP contribution in [0.5, 0.6) is 5.75 Å². The summed E-state index contributed by atoms with van der Waals surface area (Å²) in [6.07, 6.45) is -3.72. The van der Waals surface area contributed by atoms with Crippen molar-refractivity contribution in [3.05, 3.63) is 28.9 Å². The maximum absolute atomic E-state index is 12.8. The van der Waals surface area contributed by atoms with E-state index in [-0.39, 0.29) is 22.2 Å². The third-order valence-corrected chi connectivity index (χ3v) is 4.22. The van der Waals surface area contributed by atoms with Gasteiger partial charge in [0.2, 0.25) is 0 Å². The second kappa shape index (κ2) is 8.08. The number of methoxy groups -OCH3 is 1. The van der Waals surface area contributed by atoms with E-state index in [1.54, 1.807) is 0 Å². The fourth-order valence-corrected chi connectivity index (χ4v) is 2.83. The molecular formula is C17H19ClF3N3O3. The van der Waals surface area contributed by atoms with E-state index in [2.05, 4.69) is 10.4 Å². The summed E-state index contributed by atoms with van der Waals surface area (Å²) < 4.78 is 45.0. The topological polar surface area (TPSA) is 76.4 Å². The third kappa shape index (κ3) is 4.47. The van der Waals surface area contributed by atoms with E-state index in [1.807, 2.05) is 6.92 Å². The van der Waals surface area contributed by atoms with Crippen molar-refractivity contribution in [1.82, 2.24) is 9.78 Å². The monoisotopic (exact) mass is 405 g/mol. The number of hydrogen-bond donors (Lipinski definition) is 2. The van der Waals surface area contributed by atoms with Gasteiger partial charge >= 0.3 is 12.1 Å². The molecule has 10 heteroatoms. The van der Waals surface area contributed by atoms with Gasteiger partial charge in [-0.2, -0.15) is 18.3 Å². The average Bonchev–Trinajstić information content (AvgIpc) is 2.91. The Balaban J connectivity index is 2.52. The van der Waals surface area contributed by atoms with E-state index in [1.165, 1.54) is 30.0 Å². The SMILES string of the molecule is CCCn1nc(C(=O)O)c(Cl)c1-c1ccc(NC(C)C(F)(F)F)cc1OC. The van der Waals surface area contributed by atoms with Crippen LogP contribution in [0.4, 0.5) is 18.9 Å². The first-order valence-electron chi connectivity index (χ1n) is 8.11. The molecule has 0 fully saturated rings. The van der Waals surface area contributed by atoms with Gasteiger partial charge in [-0.1, -0.05) is 18.5 Å². The molecule has 1 aromatic heterocycles. The summed E-state index contributed by atoms with van der Waals surface area (Å²) in [6, 6.07) is 2.61. The molecule has 0 saturated carbocycles. The van der Waals surface area contributed by atoms with Crippen molar-refractivity contribution in [2.45, 2.75) is 39.0 Å². The summed E-state index contributed by atoms with van der Waals surface area (Å²) in [5.74, 6) is -1.03. The zero-order chi connectivity index (χ0) is 20.4. The lowest BCUT2D eigenvalue weighted by Crippen LogP contribution is -2.33. The van der Waals surface area contributed by atoms with Gasteiger partial charge in [-0.15, -0.1) is 0 Å². The van der Waals surface area contributed by atoms with Gasteiger partial charge in [0.15, 0.2) is 5.69 Å². The molecule has 1 heterocycles. The Bertz CT molecular complexity index is 837. The predicted molar refractivity (Wildman–Crippen MR) is 95.6 cm³/mol. The van der Waals surface area contributed by atoms with Gasteiger partial charge in [-0.05, 0) is 25.5 Å². The summed E-state index contributed by atoms with van der Waals surface area (Å²) in [4.78, 5) is 11.3. The smallest absolute Gasteiger partial charge is 0.408 e. The number of hydrogen-bond acceptors (Lipinski definition) is 4. The van der Waals surface area contributed by atoms with Crippen LogP contribution in [0, 0.1) is 0 Å². The quantitative estimate of drug-likeness (QED) is 0.699. The van der Waals surface area contributed by atoms with Gasteiger partial charge in [0.25, 0.3) is 0 Å². The number of aryl methyl sites for hydroxylation is 1. The Labute approximate surface area is 158 Å². The highest BCUT2D eigenvalue weighted by molar-refractivity contribution is 6.35. The summed E-state index contributed by atoms with van der Waals surface area (Å²) >= 11 is 6.22. The van der Waals surface area contributed by atoms with E-state index >= 15 is 0 Å². The normalized spacial score (nSPS) is 12.7. The zero-order valence-electron chi connectivity index (χ0n) is 14.9. The first-order valence-corrected chi connectivity index (χ1v) is 8.49. The van der Waals surface area contributed by atoms with Crippen molar-refractivity contribution >= 4 is 23.3 Å². The van der Waals surface area contributed by atoms with Crippen molar-refractivity contribution in [3.8, 4) is 17.0 Å². The minimum atomic E-state index is -4.40. The molecule has 0 aliphatic rings. The Morgan fingerprint density at radius 1 is 1.44 bits per heavy atom. The van der Waals surface area contributed by atoms with E-state index in [0.29, 0.717) is 24.2 Å². The van der Waals surface area contributed by atoms with Gasteiger partial charge in [0.1, 0.15) is 16.8 Å². The summed E-state index contributed by atoms with van der Waals surface area (Å²) in [5, 5.41) is 15.6. The van der Waals surface area contributed by atoms with E-state index < -0.39 is 18.2 Å². The molecule has 0 aliphatic heterocycles. The largest absolute Gasteiger partial charge is 0.496 e. The van der Waals surface area contributed by atoms with Gasteiger partial charge in [-0.25, -0.2) is 4.79 Å². The van der Waals surface area contributed by atoms with Gasteiger partial charge in [0.05, 0.1) is 12.8 Å². The Kier molecular flexibility index (Phi) is 6.25. The fraction of sp³-hybridized carbons (Fsp3) is 0.412. The van der Waals surface area contributed by atoms with Crippen LogP contribution in [-0.2, 0) is 6.54 Å². The average molecular weight is 406 g/mol. The second-order valence-corrected chi connectivity index (χ2v) is 6.24. The number of anilines is 1. The number of aromatic carboxylic acids is 1. The number of rotatable bonds is 7. The lowest BCUT2D eigenvalue weighted by molar-refractivity contribution is -0.138. The van der Waals surface area contributed by atoms with Gasteiger partial charge in [-0.3, -0.25) is 4.68 Å². The molecule has 148 valence electrons. The van der Waals surface area contributed by atoms with Crippen molar-refractivity contribution in [2.75, 3.05) is 12.4 Å². The highest BCUT2D eigenvalue weighted by atomic mass is 35.5. The number of nitrogens with zero attached hydrogens (tertiary/aromatic N) is 2. The number of halogens is 4. The van der Waals surface area contributed by atoms with Gasteiger partial charge < -0.3 is 15.2 Å². The third-order valence-electron chi connectivity index (χ3n) is 3.86. The van der Waals surface area contributed by atoms with Crippen LogP contribution >= 0.6 is 11.6 Å². The number of carboxylic acids is 1. The molecule has 0 saturated heterocycles. The minimum absolute atomic E-state index is 0.0568. The molecule has 2 rings (SSSR count). The highest BCUT2D eigenvalue weighted by Gasteiger charge is 2.36. The molecule has 1 atom stereocenters. The lowest BCUT2D eigenvalue weighted by atomic mass is 10.1. The van der Waals surface area contributed by atoms with E-state index in [9.17, 15) is 23.1 Å². The van der Waals surface area contributed by atoms with Crippen LogP contribution in [0.1, 0.15) is 30.8 Å². The molecule has 0 radical (unpaired) electrons. The van der Waals surface area contributed by atoms with Crippen LogP contribution in [0.15, 0.2) is 18.2 Å². The number of ether oxygens (including phenoxy) is 1. The van der Waals surface area contributed by atoms with Crippen LogP contribution < -0.4 is 10.1 Å². The molecule has 0 amide bonds. The molecule has 27 heavy (non-hydrogen) atoms. The summed E-state index contributed by atoms with van der Waals surface area (Å²) in [7, 11) is 1.36. The molecular weight excluding hydrogens is 387 g/mol. The van der Waals surface area contributed by atoms with E-state index in [4.69, 9.17) is 16.3 Å². The molecule has 0 spiro atoms. The summed E-state index contributed by atoms with van der Waals surface area (Å²) in [6.45, 7) is 3.31. The maximum Gasteiger partial charge on any atom is 0.408 e. The van der Waals surface area contributed by atoms with Crippen molar-refractivity contribution in [3.63, 3.8) is 0 Å². The lowest BCUT2D eigenvalue weighted by Gasteiger charge is -2.19. The molecule has 1 aromatic carbocycles. The standard InChI is InChI=1S/C17H19ClF3N3O3/c1-4-7-24-15(13(18)14(23-24)16(25)26)11-6-5-10(8-12(11)27-3)22-9(2)17(19,20)21/h5-6,8-9,22H,4,7H2,1-3H3,(H,25,26). The minimum Gasteiger partial charge on any atom is -0.496 e. The van der Waals surface area contributed by atoms with Crippen molar-refractivity contribution < 1.29 is 27.8 Å². The summed E-state index contributed by atoms with van der Waals surface area (Å²) in [5.41, 5.74) is 0.677. The van der Waals surface area contributed by atoms with Crippen molar-refractivity contribution in [2.24, 2.45) is 0 Å². The molecule has 6 nitrogen and oxygen atoms in total. The number of alkyl halides is 3. The highest BCUT2D eigenvalue weighted by Crippen LogP contribution is 2.38. The number of aromatic nitrogens is 2. The first kappa shape index (κ1) is 20.9. The van der Waals surface area contributed by atoms with Crippen LogP contribution in [-0.4, -0.2) is 40.2 Å². The first-order chi connectivity index (χ1) is 12.6. The predicted octanol–water partition coefficient (Wildman–Crippen LogP) is 4.68. The van der Waals surface area contributed by atoms with Crippen molar-refractivity contribution in [1.29, 1.82) is 0 Å². The number of carboxylic acid groups (broad SMARTS) is 1. The Morgan fingerprint density at radius 3 is 2.63 bits per heavy atom. The van der Waals surface area contributed by atoms with Crippen LogP contribution in [0.2, 0.25) is 5.02 Å². The molecule has 0 bridgehead atoms. The van der Waals surface area contributed by atoms with Gasteiger partial charge in [0, 0.05) is 23.9 Å². The van der Waals surface area contributed by atoms with Crippen LogP contribution in [0.25, 0.3) is 11.3 Å². The zero-order valence-corrected chi connectivity index (χ0v) is 15.6. The Hall–Kier alpha value is -2.42. The number of benzene rings is 1. The number of carbonyl (C=O) groups is 1. The number of nitrogens with one attached hydrogen (secondary N) is 1. The molecule has 1 unspecified atom stereocenters. The molecule has 0 aliphatic carbocycles. The Morgan fingerprint density at radius 2 is 2.11 bits per heavy atom. The van der Waals surface area contributed by atoms with Crippen LogP contribution in [0.3, 0.4) is 0 Å². The van der Waals surface area contributed by atoms with E-state index in [0.717, 1.165) is 6.92 Å². The fourth-order valence-electron chi connectivity index (χ4n) is 2.52. The molecule has 2 N–H and O–H groups in total.